The zero-order valence-corrected chi connectivity index (χ0v) is 21.3. The Morgan fingerprint density at radius 3 is 2.49 bits per heavy atom. The van der Waals surface area contributed by atoms with Crippen LogP contribution in [0.3, 0.4) is 0 Å². The Hall–Kier alpha value is -3.70. The number of nitrogens with zero attached hydrogens (tertiary/aromatic N) is 1. The van der Waals surface area contributed by atoms with Crippen LogP contribution in [0.25, 0.3) is 21.9 Å². The molecule has 1 aliphatic heterocycles. The van der Waals surface area contributed by atoms with E-state index in [-0.39, 0.29) is 11.5 Å². The van der Waals surface area contributed by atoms with Gasteiger partial charge >= 0.3 is 0 Å². The largest absolute Gasteiger partial charge is 0.349 e. The normalized spacial score (nSPS) is 16.1. The highest BCUT2D eigenvalue weighted by Crippen LogP contribution is 2.28. The summed E-state index contributed by atoms with van der Waals surface area (Å²) in [6, 6.07) is 22.9. The summed E-state index contributed by atoms with van der Waals surface area (Å²) < 4.78 is 1.79. The van der Waals surface area contributed by atoms with Crippen molar-refractivity contribution in [2.45, 2.75) is 51.1 Å². The Morgan fingerprint density at radius 1 is 0.946 bits per heavy atom. The molecule has 2 heterocycles. The van der Waals surface area contributed by atoms with E-state index < -0.39 is 0 Å². The summed E-state index contributed by atoms with van der Waals surface area (Å²) in [7, 11) is 0. The molecule has 37 heavy (non-hydrogen) atoms. The number of nitrogens with one attached hydrogen (secondary N) is 2. The number of amides is 1. The first-order valence-electron chi connectivity index (χ1n) is 13.4. The predicted molar refractivity (Wildman–Crippen MR) is 149 cm³/mol. The topological polar surface area (TPSA) is 63.1 Å². The Bertz CT molecular complexity index is 1510. The van der Waals surface area contributed by atoms with E-state index in [1.54, 1.807) is 4.57 Å². The van der Waals surface area contributed by atoms with Crippen LogP contribution < -0.4 is 16.2 Å². The summed E-state index contributed by atoms with van der Waals surface area (Å²) in [5.74, 6) is 0.612. The molecule has 5 heteroatoms. The molecule has 2 aliphatic rings. The summed E-state index contributed by atoms with van der Waals surface area (Å²) in [6.45, 7) is 4.78. The minimum absolute atomic E-state index is 0.0146. The monoisotopic (exact) mass is 491 g/mol. The zero-order chi connectivity index (χ0) is 25.4. The van der Waals surface area contributed by atoms with Crippen LogP contribution in [0, 0.1) is 6.92 Å². The number of carbonyl (C=O) groups excluding carboxylic acids is 1. The Kier molecular flexibility index (Phi) is 6.39. The molecule has 1 aromatic heterocycles. The van der Waals surface area contributed by atoms with Gasteiger partial charge in [-0.3, -0.25) is 9.59 Å². The highest BCUT2D eigenvalue weighted by Gasteiger charge is 2.24. The van der Waals surface area contributed by atoms with Crippen LogP contribution in [0.1, 0.15) is 58.6 Å². The quantitative estimate of drug-likeness (QED) is 0.380. The third-order valence-corrected chi connectivity index (χ3v) is 7.84. The molecule has 0 radical (unpaired) electrons. The molecule has 188 valence electrons. The molecular formula is C32H33N3O2. The van der Waals surface area contributed by atoms with Crippen molar-refractivity contribution in [3.05, 3.63) is 106 Å². The lowest BCUT2D eigenvalue weighted by atomic mass is 9.90. The summed E-state index contributed by atoms with van der Waals surface area (Å²) in [6.07, 6.45) is 6.39. The van der Waals surface area contributed by atoms with Crippen LogP contribution in [0.4, 0.5) is 0 Å². The van der Waals surface area contributed by atoms with Gasteiger partial charge in [0.15, 0.2) is 0 Å². The highest BCUT2D eigenvalue weighted by atomic mass is 16.1. The number of hydrogen-bond donors (Lipinski definition) is 2. The fraction of sp³-hybridized carbons (Fsp3) is 0.312. The van der Waals surface area contributed by atoms with Gasteiger partial charge in [-0.25, -0.2) is 0 Å². The lowest BCUT2D eigenvalue weighted by Gasteiger charge is -2.23. The van der Waals surface area contributed by atoms with E-state index in [9.17, 15) is 9.59 Å². The summed E-state index contributed by atoms with van der Waals surface area (Å²) in [5.41, 5.74) is 6.35. The molecule has 1 saturated heterocycles. The van der Waals surface area contributed by atoms with Gasteiger partial charge in [-0.15, -0.1) is 0 Å². The number of piperidine rings is 1. The molecule has 1 aliphatic carbocycles. The summed E-state index contributed by atoms with van der Waals surface area (Å²) in [4.78, 5) is 25.9. The van der Waals surface area contributed by atoms with Crippen LogP contribution in [0.5, 0.6) is 0 Å². The number of aromatic nitrogens is 1. The van der Waals surface area contributed by atoms with Crippen molar-refractivity contribution in [1.29, 1.82) is 0 Å². The molecule has 6 rings (SSSR count). The zero-order valence-electron chi connectivity index (χ0n) is 21.3. The first-order chi connectivity index (χ1) is 18.0. The van der Waals surface area contributed by atoms with Crippen molar-refractivity contribution in [1.82, 2.24) is 15.2 Å². The van der Waals surface area contributed by atoms with Crippen LogP contribution >= 0.6 is 0 Å². The second kappa shape index (κ2) is 9.98. The molecule has 2 N–H and O–H groups in total. The average Bonchev–Trinajstić information content (AvgIpc) is 3.75. The number of carbonyl (C=O) groups is 1. The Labute approximate surface area is 217 Å². The average molecular weight is 492 g/mol. The van der Waals surface area contributed by atoms with E-state index >= 15 is 0 Å². The maximum atomic E-state index is 13.3. The van der Waals surface area contributed by atoms with E-state index in [1.807, 2.05) is 42.6 Å². The molecule has 0 bridgehead atoms. The van der Waals surface area contributed by atoms with Crippen molar-refractivity contribution < 1.29 is 4.79 Å². The lowest BCUT2D eigenvalue weighted by molar-refractivity contribution is 0.0951. The lowest BCUT2D eigenvalue weighted by Crippen LogP contribution is -2.26. The van der Waals surface area contributed by atoms with E-state index in [2.05, 4.69) is 47.9 Å². The minimum Gasteiger partial charge on any atom is -0.349 e. The van der Waals surface area contributed by atoms with Gasteiger partial charge in [-0.1, -0.05) is 36.4 Å². The minimum atomic E-state index is -0.0174. The number of benzene rings is 3. The van der Waals surface area contributed by atoms with Crippen LogP contribution in [0.2, 0.25) is 0 Å². The molecule has 2 fully saturated rings. The van der Waals surface area contributed by atoms with Gasteiger partial charge in [0.05, 0.1) is 6.54 Å². The number of fused-ring (bicyclic) bond motifs is 1. The van der Waals surface area contributed by atoms with Gasteiger partial charge in [0.1, 0.15) is 0 Å². The predicted octanol–water partition coefficient (Wildman–Crippen LogP) is 5.38. The van der Waals surface area contributed by atoms with Gasteiger partial charge in [-0.05, 0) is 115 Å². The summed E-state index contributed by atoms with van der Waals surface area (Å²) in [5, 5.41) is 8.11. The molecule has 0 atom stereocenters. The molecule has 5 nitrogen and oxygen atoms in total. The van der Waals surface area contributed by atoms with Gasteiger partial charge < -0.3 is 15.2 Å². The molecular weight excluding hydrogens is 458 g/mol. The number of hydrogen-bond acceptors (Lipinski definition) is 3. The number of aryl methyl sites for hydroxylation is 1. The fourth-order valence-electron chi connectivity index (χ4n) is 5.40. The molecule has 0 spiro atoms. The molecule has 1 amide bonds. The second-order valence-electron chi connectivity index (χ2n) is 10.6. The van der Waals surface area contributed by atoms with Crippen LogP contribution in [0.15, 0.2) is 77.7 Å². The molecule has 1 saturated carbocycles. The van der Waals surface area contributed by atoms with Crippen molar-refractivity contribution in [2.75, 3.05) is 13.1 Å². The first kappa shape index (κ1) is 23.7. The SMILES string of the molecule is Cc1ccc(C(=O)NC2CC2)cc1-c1ccc2c(=O)n(Cc3ccc(C4CCNCC4)cc3)ccc2c1. The van der Waals surface area contributed by atoms with Crippen molar-refractivity contribution in [3.8, 4) is 11.1 Å². The van der Waals surface area contributed by atoms with Gasteiger partial charge in [0.25, 0.3) is 11.5 Å². The van der Waals surface area contributed by atoms with E-state index in [1.165, 1.54) is 18.4 Å². The van der Waals surface area contributed by atoms with Gasteiger partial charge in [0, 0.05) is 23.2 Å². The second-order valence-corrected chi connectivity index (χ2v) is 10.6. The maximum absolute atomic E-state index is 13.3. The fourth-order valence-corrected chi connectivity index (χ4v) is 5.40. The third kappa shape index (κ3) is 5.09. The van der Waals surface area contributed by atoms with Crippen molar-refractivity contribution in [3.63, 3.8) is 0 Å². The third-order valence-electron chi connectivity index (χ3n) is 7.84. The van der Waals surface area contributed by atoms with Gasteiger partial charge in [-0.2, -0.15) is 0 Å². The molecule has 0 unspecified atom stereocenters. The number of pyridine rings is 1. The maximum Gasteiger partial charge on any atom is 0.258 e. The van der Waals surface area contributed by atoms with Crippen LogP contribution in [-0.4, -0.2) is 29.6 Å². The van der Waals surface area contributed by atoms with Crippen LogP contribution in [-0.2, 0) is 6.54 Å². The smallest absolute Gasteiger partial charge is 0.258 e. The first-order valence-corrected chi connectivity index (χ1v) is 13.4. The standard InChI is InChI=1S/C32H33N3O2/c1-21-2-5-27(31(36)34-28-9-10-28)19-30(21)25-8-11-29-26(18-25)14-17-35(32(29)37)20-22-3-6-23(7-4-22)24-12-15-33-16-13-24/h2-8,11,14,17-19,24,28,33H,9-10,12-13,15-16,20H2,1H3,(H,34,36). The molecule has 4 aromatic rings. The Balaban J connectivity index is 1.24. The van der Waals surface area contributed by atoms with E-state index in [4.69, 9.17) is 0 Å². The number of rotatable bonds is 6. The van der Waals surface area contributed by atoms with E-state index in [0.29, 0.717) is 29.5 Å². The summed E-state index contributed by atoms with van der Waals surface area (Å²) >= 11 is 0. The highest BCUT2D eigenvalue weighted by molar-refractivity contribution is 5.96. The Morgan fingerprint density at radius 2 is 1.73 bits per heavy atom. The molecule has 3 aromatic carbocycles. The van der Waals surface area contributed by atoms with Crippen molar-refractivity contribution in [2.24, 2.45) is 0 Å². The van der Waals surface area contributed by atoms with Crippen molar-refractivity contribution >= 4 is 16.7 Å². The van der Waals surface area contributed by atoms with Gasteiger partial charge in [0.2, 0.25) is 0 Å². The van der Waals surface area contributed by atoms with E-state index in [0.717, 1.165) is 53.6 Å².